The van der Waals surface area contributed by atoms with Gasteiger partial charge in [-0.05, 0) is 19.1 Å². The van der Waals surface area contributed by atoms with Gasteiger partial charge in [0.1, 0.15) is 12.2 Å². The lowest BCUT2D eigenvalue weighted by atomic mass is 10.0. The normalized spacial score (nSPS) is 12.7. The zero-order valence-electron chi connectivity index (χ0n) is 11.6. The number of hydrogen-bond donors (Lipinski definition) is 1. The van der Waals surface area contributed by atoms with Gasteiger partial charge in [0.25, 0.3) is 0 Å². The molecule has 0 fully saturated rings. The highest BCUT2D eigenvalue weighted by atomic mass is 79.9. The number of aromatic nitrogens is 4. The van der Waals surface area contributed by atoms with Crippen LogP contribution in [0.3, 0.4) is 0 Å². The first-order valence-electron chi connectivity index (χ1n) is 6.78. The molecule has 1 unspecified atom stereocenters. The van der Waals surface area contributed by atoms with E-state index in [0.717, 1.165) is 33.3 Å². The molecule has 5 nitrogen and oxygen atoms in total. The van der Waals surface area contributed by atoms with Gasteiger partial charge in [0.15, 0.2) is 0 Å². The number of rotatable bonds is 4. The van der Waals surface area contributed by atoms with Gasteiger partial charge in [-0.25, -0.2) is 4.98 Å². The molecule has 0 amide bonds. The minimum atomic E-state index is -0.662. The molecule has 0 bridgehead atoms. The molecule has 0 aliphatic rings. The van der Waals surface area contributed by atoms with E-state index < -0.39 is 6.10 Å². The smallest absolute Gasteiger partial charge is 0.138 e. The molecule has 1 N–H and O–H groups in total. The van der Waals surface area contributed by atoms with Crippen molar-refractivity contribution < 1.29 is 5.11 Å². The van der Waals surface area contributed by atoms with Crippen LogP contribution in [0.1, 0.15) is 24.4 Å². The van der Waals surface area contributed by atoms with Gasteiger partial charge in [0.2, 0.25) is 0 Å². The number of hydrogen-bond acceptors (Lipinski definition) is 4. The molecule has 2 aromatic heterocycles. The van der Waals surface area contributed by atoms with Crippen molar-refractivity contribution in [2.45, 2.75) is 26.0 Å². The van der Waals surface area contributed by atoms with Crippen molar-refractivity contribution in [2.24, 2.45) is 0 Å². The minimum absolute atomic E-state index is 0.418. The summed E-state index contributed by atoms with van der Waals surface area (Å²) < 4.78 is 2.76. The molecule has 0 saturated carbocycles. The summed E-state index contributed by atoms with van der Waals surface area (Å²) in [7, 11) is 0. The van der Waals surface area contributed by atoms with E-state index in [4.69, 9.17) is 0 Å². The molecule has 0 radical (unpaired) electrons. The maximum absolute atomic E-state index is 10.6. The molecule has 0 saturated heterocycles. The average molecular weight is 347 g/mol. The Hall–Kier alpha value is -1.79. The Balaban J connectivity index is 1.99. The first-order valence-corrected chi connectivity index (χ1v) is 7.58. The molecular formula is C15H15BrN4O. The van der Waals surface area contributed by atoms with E-state index >= 15 is 0 Å². The second-order valence-electron chi connectivity index (χ2n) is 4.75. The first-order chi connectivity index (χ1) is 10.2. The molecule has 108 valence electrons. The number of aliphatic hydroxyl groups is 1. The summed E-state index contributed by atoms with van der Waals surface area (Å²) in [4.78, 5) is 8.61. The highest BCUT2D eigenvalue weighted by molar-refractivity contribution is 9.10. The largest absolute Gasteiger partial charge is 0.388 e. The molecule has 1 aromatic carbocycles. The minimum Gasteiger partial charge on any atom is -0.388 e. The topological polar surface area (TPSA) is 63.8 Å². The maximum Gasteiger partial charge on any atom is 0.138 e. The monoisotopic (exact) mass is 346 g/mol. The van der Waals surface area contributed by atoms with Crippen LogP contribution >= 0.6 is 15.9 Å². The molecule has 0 aliphatic heterocycles. The molecule has 0 spiro atoms. The third kappa shape index (κ3) is 2.69. The summed E-state index contributed by atoms with van der Waals surface area (Å²) >= 11 is 3.52. The Morgan fingerprint density at radius 3 is 2.95 bits per heavy atom. The fourth-order valence-corrected chi connectivity index (χ4v) is 2.87. The van der Waals surface area contributed by atoms with Gasteiger partial charge in [-0.1, -0.05) is 28.1 Å². The number of pyridine rings is 1. The number of benzene rings is 1. The van der Waals surface area contributed by atoms with Crippen molar-refractivity contribution in [2.75, 3.05) is 0 Å². The first kappa shape index (κ1) is 14.2. The quantitative estimate of drug-likeness (QED) is 0.788. The van der Waals surface area contributed by atoms with Crippen LogP contribution in [0, 0.1) is 0 Å². The van der Waals surface area contributed by atoms with Gasteiger partial charge in [0.05, 0.1) is 11.6 Å². The van der Waals surface area contributed by atoms with Crippen LogP contribution in [0.4, 0.5) is 0 Å². The van der Waals surface area contributed by atoms with Crippen molar-refractivity contribution in [1.82, 2.24) is 19.7 Å². The van der Waals surface area contributed by atoms with Crippen molar-refractivity contribution in [1.29, 1.82) is 0 Å². The van der Waals surface area contributed by atoms with Gasteiger partial charge < -0.3 is 5.11 Å². The standard InChI is InChI=1S/C15H15BrN4O/c1-2-20-14(18-9-19-20)8-13(21)11-5-6-12(16)10-4-3-7-17-15(10)11/h3-7,9,13,21H,2,8H2,1H3. The van der Waals surface area contributed by atoms with E-state index in [0.29, 0.717) is 6.42 Å². The highest BCUT2D eigenvalue weighted by Gasteiger charge is 2.16. The van der Waals surface area contributed by atoms with Crippen LogP contribution < -0.4 is 0 Å². The third-order valence-electron chi connectivity index (χ3n) is 3.48. The van der Waals surface area contributed by atoms with Crippen molar-refractivity contribution in [3.8, 4) is 0 Å². The summed E-state index contributed by atoms with van der Waals surface area (Å²) in [5, 5.41) is 15.7. The SMILES string of the molecule is CCn1ncnc1CC(O)c1ccc(Br)c2cccnc12. The Labute approximate surface area is 130 Å². The van der Waals surface area contributed by atoms with Crippen LogP contribution in [0.15, 0.2) is 41.3 Å². The highest BCUT2D eigenvalue weighted by Crippen LogP contribution is 2.29. The lowest BCUT2D eigenvalue weighted by Crippen LogP contribution is -2.10. The summed E-state index contributed by atoms with van der Waals surface area (Å²) in [5.41, 5.74) is 1.61. The molecule has 21 heavy (non-hydrogen) atoms. The van der Waals surface area contributed by atoms with Gasteiger partial charge >= 0.3 is 0 Å². The van der Waals surface area contributed by atoms with Crippen molar-refractivity contribution >= 4 is 26.8 Å². The lowest BCUT2D eigenvalue weighted by molar-refractivity contribution is 0.175. The number of aliphatic hydroxyl groups excluding tert-OH is 1. The number of nitrogens with zero attached hydrogens (tertiary/aromatic N) is 4. The number of aryl methyl sites for hydroxylation is 1. The van der Waals surface area contributed by atoms with Crippen LogP contribution in [0.25, 0.3) is 10.9 Å². The van der Waals surface area contributed by atoms with Gasteiger partial charge in [-0.2, -0.15) is 5.10 Å². The molecule has 2 heterocycles. The fraction of sp³-hybridized carbons (Fsp3) is 0.267. The number of fused-ring (bicyclic) bond motifs is 1. The molecule has 6 heteroatoms. The average Bonchev–Trinajstić information content (AvgIpc) is 2.95. The molecular weight excluding hydrogens is 332 g/mol. The van der Waals surface area contributed by atoms with E-state index in [1.54, 1.807) is 10.9 Å². The number of halogens is 1. The van der Waals surface area contributed by atoms with E-state index in [1.807, 2.05) is 31.2 Å². The molecule has 3 aromatic rings. The Morgan fingerprint density at radius 2 is 2.14 bits per heavy atom. The predicted octanol–water partition coefficient (Wildman–Crippen LogP) is 2.88. The van der Waals surface area contributed by atoms with Gasteiger partial charge in [-0.3, -0.25) is 9.67 Å². The predicted molar refractivity (Wildman–Crippen MR) is 83.8 cm³/mol. The van der Waals surface area contributed by atoms with Crippen LogP contribution in [0.5, 0.6) is 0 Å². The molecule has 0 aliphatic carbocycles. The van der Waals surface area contributed by atoms with Crippen LogP contribution in [0.2, 0.25) is 0 Å². The van der Waals surface area contributed by atoms with Gasteiger partial charge in [0, 0.05) is 34.6 Å². The second kappa shape index (κ2) is 5.91. The van der Waals surface area contributed by atoms with Crippen LogP contribution in [-0.4, -0.2) is 24.9 Å². The van der Waals surface area contributed by atoms with Gasteiger partial charge in [-0.15, -0.1) is 0 Å². The Bertz CT molecular complexity index is 771. The third-order valence-corrected chi connectivity index (χ3v) is 4.17. The fourth-order valence-electron chi connectivity index (χ4n) is 2.42. The van der Waals surface area contributed by atoms with E-state index in [1.165, 1.54) is 6.33 Å². The summed E-state index contributed by atoms with van der Waals surface area (Å²) in [6.45, 7) is 2.74. The van der Waals surface area contributed by atoms with Crippen LogP contribution in [-0.2, 0) is 13.0 Å². The van der Waals surface area contributed by atoms with E-state index in [-0.39, 0.29) is 0 Å². The molecule has 1 atom stereocenters. The second-order valence-corrected chi connectivity index (χ2v) is 5.60. The summed E-state index contributed by atoms with van der Waals surface area (Å²) in [6, 6.07) is 7.71. The molecule has 3 rings (SSSR count). The Morgan fingerprint density at radius 1 is 1.29 bits per heavy atom. The Kier molecular flexibility index (Phi) is 3.98. The maximum atomic E-state index is 10.6. The summed E-state index contributed by atoms with van der Waals surface area (Å²) in [6.07, 6.45) is 3.01. The zero-order valence-corrected chi connectivity index (χ0v) is 13.2. The van der Waals surface area contributed by atoms with Crippen molar-refractivity contribution in [3.05, 3.63) is 52.7 Å². The zero-order chi connectivity index (χ0) is 14.8. The lowest BCUT2D eigenvalue weighted by Gasteiger charge is -2.14. The summed E-state index contributed by atoms with van der Waals surface area (Å²) in [5.74, 6) is 0.775. The van der Waals surface area contributed by atoms with Crippen molar-refractivity contribution in [3.63, 3.8) is 0 Å². The van der Waals surface area contributed by atoms with E-state index in [9.17, 15) is 5.11 Å². The van der Waals surface area contributed by atoms with E-state index in [2.05, 4.69) is 31.0 Å².